The Labute approximate surface area is 180 Å². The number of nitrogens with one attached hydrogen (secondary N) is 1. The summed E-state index contributed by atoms with van der Waals surface area (Å²) in [5, 5.41) is 8.67. The van der Waals surface area contributed by atoms with E-state index in [-0.39, 0.29) is 24.4 Å². The number of fused-ring (bicyclic) bond motifs is 2. The molecule has 0 aromatic heterocycles. The minimum absolute atomic E-state index is 0.0165. The molecule has 158 valence electrons. The van der Waals surface area contributed by atoms with Gasteiger partial charge in [0.1, 0.15) is 0 Å². The summed E-state index contributed by atoms with van der Waals surface area (Å²) in [7, 11) is -3.47. The highest BCUT2D eigenvalue weighted by molar-refractivity contribution is 9.10. The van der Waals surface area contributed by atoms with E-state index in [1.165, 1.54) is 0 Å². The number of rotatable bonds is 11. The SMILES string of the molecule is O=C(O)CCCC=CCC1=C(NS(=O)(=O)CCc2cccc(Br)c2)C2CCC1O2. The largest absolute Gasteiger partial charge is 0.481 e. The van der Waals surface area contributed by atoms with Gasteiger partial charge in [0.05, 0.1) is 23.7 Å². The molecule has 8 heteroatoms. The highest BCUT2D eigenvalue weighted by Gasteiger charge is 2.41. The summed E-state index contributed by atoms with van der Waals surface area (Å²) in [6.07, 6.45) is 8.01. The van der Waals surface area contributed by atoms with Gasteiger partial charge in [-0.15, -0.1) is 0 Å². The van der Waals surface area contributed by atoms with E-state index in [4.69, 9.17) is 9.84 Å². The van der Waals surface area contributed by atoms with Crippen molar-refractivity contribution in [3.8, 4) is 0 Å². The predicted molar refractivity (Wildman–Crippen MR) is 115 cm³/mol. The molecule has 1 fully saturated rings. The molecular formula is C21H26BrNO5S. The van der Waals surface area contributed by atoms with Gasteiger partial charge in [-0.2, -0.15) is 0 Å². The van der Waals surface area contributed by atoms with Gasteiger partial charge in [0.15, 0.2) is 0 Å². The van der Waals surface area contributed by atoms with Gasteiger partial charge in [0.2, 0.25) is 10.0 Å². The predicted octanol–water partition coefficient (Wildman–Crippen LogP) is 3.93. The molecule has 0 spiro atoms. The number of aryl methyl sites for hydroxylation is 1. The number of carbonyl (C=O) groups is 1. The number of halogens is 1. The number of sulfonamides is 1. The number of benzene rings is 1. The van der Waals surface area contributed by atoms with Crippen LogP contribution in [0, 0.1) is 0 Å². The van der Waals surface area contributed by atoms with E-state index in [0.29, 0.717) is 31.4 Å². The Morgan fingerprint density at radius 3 is 2.83 bits per heavy atom. The zero-order chi connectivity index (χ0) is 20.9. The van der Waals surface area contributed by atoms with Crippen LogP contribution in [0.25, 0.3) is 0 Å². The molecule has 29 heavy (non-hydrogen) atoms. The molecule has 0 amide bonds. The van der Waals surface area contributed by atoms with Gasteiger partial charge in [-0.05, 0) is 61.8 Å². The van der Waals surface area contributed by atoms with E-state index in [9.17, 15) is 13.2 Å². The van der Waals surface area contributed by atoms with Crippen LogP contribution >= 0.6 is 15.9 Å². The Bertz CT molecular complexity index is 909. The topological polar surface area (TPSA) is 92.7 Å². The van der Waals surface area contributed by atoms with Crippen LogP contribution in [0.5, 0.6) is 0 Å². The van der Waals surface area contributed by atoms with Gasteiger partial charge in [0, 0.05) is 10.9 Å². The van der Waals surface area contributed by atoms with Gasteiger partial charge < -0.3 is 9.84 Å². The quantitative estimate of drug-likeness (QED) is 0.367. The Morgan fingerprint density at radius 2 is 2.07 bits per heavy atom. The number of allylic oxidation sites excluding steroid dienone is 2. The van der Waals surface area contributed by atoms with Crippen molar-refractivity contribution in [1.82, 2.24) is 4.72 Å². The molecule has 0 radical (unpaired) electrons. The number of ether oxygens (including phenoxy) is 1. The third-order valence-electron chi connectivity index (χ3n) is 5.16. The Kier molecular flexibility index (Phi) is 7.54. The average molecular weight is 484 g/mol. The van der Waals surface area contributed by atoms with Gasteiger partial charge in [-0.25, -0.2) is 8.42 Å². The smallest absolute Gasteiger partial charge is 0.303 e. The molecule has 2 atom stereocenters. The van der Waals surface area contributed by atoms with Crippen molar-refractivity contribution in [2.45, 2.75) is 57.2 Å². The molecule has 2 unspecified atom stereocenters. The maximum Gasteiger partial charge on any atom is 0.303 e. The van der Waals surface area contributed by atoms with Gasteiger partial charge in [-0.1, -0.05) is 40.2 Å². The minimum Gasteiger partial charge on any atom is -0.481 e. The summed E-state index contributed by atoms with van der Waals surface area (Å²) in [6, 6.07) is 7.65. The van der Waals surface area contributed by atoms with Crippen molar-refractivity contribution in [3.63, 3.8) is 0 Å². The second kappa shape index (κ2) is 9.91. The maximum absolute atomic E-state index is 12.7. The summed E-state index contributed by atoms with van der Waals surface area (Å²) in [5.74, 6) is -0.773. The standard InChI is InChI=1S/C21H26BrNO5S/c22-16-7-5-6-15(14-16)12-13-29(26,27)23-21-17(18-10-11-19(21)28-18)8-3-1-2-4-9-20(24)25/h1,3,5-7,14,18-19,23H,2,4,8-13H2,(H,24,25). The first-order valence-corrected chi connectivity index (χ1v) is 12.3. The van der Waals surface area contributed by atoms with Crippen LogP contribution in [0.2, 0.25) is 0 Å². The maximum atomic E-state index is 12.7. The van der Waals surface area contributed by atoms with Crippen LogP contribution in [-0.2, 0) is 26.0 Å². The lowest BCUT2D eigenvalue weighted by molar-refractivity contribution is -0.137. The summed E-state index contributed by atoms with van der Waals surface area (Å²) in [4.78, 5) is 10.5. The van der Waals surface area contributed by atoms with Crippen molar-refractivity contribution in [2.24, 2.45) is 0 Å². The van der Waals surface area contributed by atoms with E-state index in [1.54, 1.807) is 0 Å². The van der Waals surface area contributed by atoms with Crippen LogP contribution in [0.1, 0.15) is 44.1 Å². The first-order valence-electron chi connectivity index (χ1n) is 9.84. The van der Waals surface area contributed by atoms with E-state index >= 15 is 0 Å². The van der Waals surface area contributed by atoms with Crippen molar-refractivity contribution in [1.29, 1.82) is 0 Å². The molecule has 2 aliphatic heterocycles. The highest BCUT2D eigenvalue weighted by atomic mass is 79.9. The van der Waals surface area contributed by atoms with E-state index in [0.717, 1.165) is 28.5 Å². The fraction of sp³-hybridized carbons (Fsp3) is 0.476. The fourth-order valence-corrected chi connectivity index (χ4v) is 5.37. The number of aliphatic carboxylic acids is 1. The highest BCUT2D eigenvalue weighted by Crippen LogP contribution is 2.40. The Hall–Kier alpha value is -1.64. The summed E-state index contributed by atoms with van der Waals surface area (Å²) < 4.78 is 35.0. The van der Waals surface area contributed by atoms with Crippen LogP contribution in [0.4, 0.5) is 0 Å². The average Bonchev–Trinajstić information content (AvgIpc) is 3.25. The van der Waals surface area contributed by atoms with Crippen molar-refractivity contribution in [2.75, 3.05) is 5.75 Å². The molecule has 2 bridgehead atoms. The molecule has 2 N–H and O–H groups in total. The molecule has 6 nitrogen and oxygen atoms in total. The number of hydrogen-bond donors (Lipinski definition) is 2. The molecule has 1 aromatic carbocycles. The molecule has 2 heterocycles. The third-order valence-corrected chi connectivity index (χ3v) is 6.92. The lowest BCUT2D eigenvalue weighted by atomic mass is 9.94. The molecule has 1 aromatic rings. The molecular weight excluding hydrogens is 458 g/mol. The number of unbranched alkanes of at least 4 members (excludes halogenated alkanes) is 1. The van der Waals surface area contributed by atoms with Gasteiger partial charge in [0.25, 0.3) is 0 Å². The number of carboxylic acid groups (broad SMARTS) is 1. The first-order chi connectivity index (χ1) is 13.8. The van der Waals surface area contributed by atoms with E-state index in [1.807, 2.05) is 36.4 Å². The minimum atomic E-state index is -3.47. The second-order valence-corrected chi connectivity index (χ2v) is 10.1. The Balaban J connectivity index is 1.60. The fourth-order valence-electron chi connectivity index (χ4n) is 3.72. The summed E-state index contributed by atoms with van der Waals surface area (Å²) in [5.41, 5.74) is 2.67. The van der Waals surface area contributed by atoms with E-state index in [2.05, 4.69) is 20.7 Å². The molecule has 2 aliphatic rings. The normalized spacial score (nSPS) is 21.3. The molecule has 1 saturated heterocycles. The molecule has 0 saturated carbocycles. The lowest BCUT2D eigenvalue weighted by Crippen LogP contribution is -2.32. The Morgan fingerprint density at radius 1 is 1.28 bits per heavy atom. The van der Waals surface area contributed by atoms with E-state index < -0.39 is 16.0 Å². The van der Waals surface area contributed by atoms with Crippen LogP contribution in [0.3, 0.4) is 0 Å². The van der Waals surface area contributed by atoms with Crippen LogP contribution < -0.4 is 4.72 Å². The van der Waals surface area contributed by atoms with Gasteiger partial charge >= 0.3 is 5.97 Å². The van der Waals surface area contributed by atoms with Crippen molar-refractivity contribution >= 4 is 31.9 Å². The zero-order valence-electron chi connectivity index (χ0n) is 16.1. The lowest BCUT2D eigenvalue weighted by Gasteiger charge is -2.18. The first kappa shape index (κ1) is 22.1. The second-order valence-electron chi connectivity index (χ2n) is 7.39. The van der Waals surface area contributed by atoms with Crippen LogP contribution in [-0.4, -0.2) is 37.5 Å². The molecule has 0 aliphatic carbocycles. The zero-order valence-corrected chi connectivity index (χ0v) is 18.5. The number of hydrogen-bond acceptors (Lipinski definition) is 4. The molecule has 3 rings (SSSR count). The van der Waals surface area contributed by atoms with Crippen molar-refractivity contribution < 1.29 is 23.1 Å². The monoisotopic (exact) mass is 483 g/mol. The van der Waals surface area contributed by atoms with Crippen LogP contribution in [0.15, 0.2) is 52.2 Å². The van der Waals surface area contributed by atoms with Crippen molar-refractivity contribution in [3.05, 3.63) is 57.7 Å². The summed E-state index contributed by atoms with van der Waals surface area (Å²) in [6.45, 7) is 0. The van der Waals surface area contributed by atoms with Gasteiger partial charge in [-0.3, -0.25) is 9.52 Å². The summed E-state index contributed by atoms with van der Waals surface area (Å²) >= 11 is 3.41. The number of carboxylic acids is 1. The third kappa shape index (κ3) is 6.42.